The maximum absolute atomic E-state index is 12.6. The molecule has 0 spiro atoms. The van der Waals surface area contributed by atoms with E-state index in [1.165, 1.54) is 4.68 Å². The van der Waals surface area contributed by atoms with E-state index >= 15 is 0 Å². The van der Waals surface area contributed by atoms with Gasteiger partial charge in [-0.1, -0.05) is 19.1 Å². The molecular formula is C18H21N5O2S. The van der Waals surface area contributed by atoms with E-state index in [1.807, 2.05) is 25.1 Å². The molecule has 0 radical (unpaired) electrons. The second kappa shape index (κ2) is 7.03. The van der Waals surface area contributed by atoms with Crippen molar-refractivity contribution in [2.45, 2.75) is 45.8 Å². The minimum absolute atomic E-state index is 0.0663. The minimum Gasteiger partial charge on any atom is -0.333 e. The van der Waals surface area contributed by atoms with Crippen LogP contribution in [-0.2, 0) is 30.8 Å². The number of aromatic nitrogens is 4. The van der Waals surface area contributed by atoms with Gasteiger partial charge in [0.25, 0.3) is 0 Å². The molecule has 1 aliphatic heterocycles. The number of rotatable bonds is 5. The van der Waals surface area contributed by atoms with Crippen molar-refractivity contribution in [3.8, 4) is 0 Å². The van der Waals surface area contributed by atoms with Gasteiger partial charge < -0.3 is 4.90 Å². The van der Waals surface area contributed by atoms with Gasteiger partial charge in [0.2, 0.25) is 5.91 Å². The first-order valence-corrected chi connectivity index (χ1v) is 9.76. The van der Waals surface area contributed by atoms with E-state index in [-0.39, 0.29) is 11.6 Å². The van der Waals surface area contributed by atoms with Crippen molar-refractivity contribution in [2.75, 3.05) is 6.54 Å². The molecule has 0 bridgehead atoms. The number of amides is 1. The second-order valence-corrected chi connectivity index (χ2v) is 7.58. The summed E-state index contributed by atoms with van der Waals surface area (Å²) in [6.45, 7) is 4.12. The summed E-state index contributed by atoms with van der Waals surface area (Å²) in [5.41, 5.74) is 0.923. The summed E-state index contributed by atoms with van der Waals surface area (Å²) in [4.78, 5) is 31.2. The predicted molar refractivity (Wildman–Crippen MR) is 100 cm³/mol. The number of benzene rings is 1. The summed E-state index contributed by atoms with van der Waals surface area (Å²) in [5.74, 6) is 0.774. The van der Waals surface area contributed by atoms with Gasteiger partial charge in [0.1, 0.15) is 0 Å². The summed E-state index contributed by atoms with van der Waals surface area (Å²) in [6, 6.07) is 8.02. The fourth-order valence-electron chi connectivity index (χ4n) is 3.27. The van der Waals surface area contributed by atoms with Gasteiger partial charge >= 0.3 is 5.69 Å². The van der Waals surface area contributed by atoms with Gasteiger partial charge in [-0.25, -0.2) is 14.5 Å². The van der Waals surface area contributed by atoms with E-state index in [9.17, 15) is 9.59 Å². The molecule has 136 valence electrons. The van der Waals surface area contributed by atoms with Gasteiger partial charge in [-0.15, -0.1) is 11.3 Å². The number of carbonyl (C=O) groups is 1. The van der Waals surface area contributed by atoms with Crippen molar-refractivity contribution in [3.63, 3.8) is 0 Å². The lowest BCUT2D eigenvalue weighted by Gasteiger charge is -2.26. The number of para-hydroxylation sites is 1. The van der Waals surface area contributed by atoms with E-state index in [0.717, 1.165) is 21.6 Å². The zero-order chi connectivity index (χ0) is 18.1. The van der Waals surface area contributed by atoms with Crippen LogP contribution in [0.4, 0.5) is 0 Å². The number of hydrogen-bond donors (Lipinski definition) is 0. The van der Waals surface area contributed by atoms with Crippen LogP contribution in [0.2, 0.25) is 0 Å². The van der Waals surface area contributed by atoms with Crippen LogP contribution in [-0.4, -0.2) is 36.7 Å². The Balaban J connectivity index is 1.41. The monoisotopic (exact) mass is 371 g/mol. The zero-order valence-corrected chi connectivity index (χ0v) is 15.5. The SMILES string of the molecule is CCCn1nc2n(c1=O)CCN(C(=O)CCc1nc3ccccc3s1)C2. The molecule has 0 N–H and O–H groups in total. The van der Waals surface area contributed by atoms with Gasteiger partial charge in [-0.05, 0) is 18.6 Å². The lowest BCUT2D eigenvalue weighted by atomic mass is 10.2. The Morgan fingerprint density at radius 3 is 2.92 bits per heavy atom. The number of carbonyl (C=O) groups excluding carboxylic acids is 1. The smallest absolute Gasteiger partial charge is 0.333 e. The Bertz CT molecular complexity index is 970. The van der Waals surface area contributed by atoms with Gasteiger partial charge in [0.15, 0.2) is 5.82 Å². The summed E-state index contributed by atoms with van der Waals surface area (Å²) in [6.07, 6.45) is 1.94. The Labute approximate surface area is 154 Å². The highest BCUT2D eigenvalue weighted by atomic mass is 32.1. The third-order valence-electron chi connectivity index (χ3n) is 4.60. The van der Waals surface area contributed by atoms with Crippen molar-refractivity contribution in [1.29, 1.82) is 0 Å². The van der Waals surface area contributed by atoms with Crippen LogP contribution in [0, 0.1) is 0 Å². The van der Waals surface area contributed by atoms with E-state index < -0.39 is 0 Å². The molecule has 0 fully saturated rings. The Morgan fingerprint density at radius 1 is 1.27 bits per heavy atom. The molecule has 0 atom stereocenters. The van der Waals surface area contributed by atoms with E-state index in [0.29, 0.717) is 44.8 Å². The van der Waals surface area contributed by atoms with Crippen LogP contribution in [0.5, 0.6) is 0 Å². The van der Waals surface area contributed by atoms with Crippen LogP contribution < -0.4 is 5.69 Å². The molecule has 3 aromatic rings. The van der Waals surface area contributed by atoms with E-state index in [1.54, 1.807) is 20.8 Å². The first kappa shape index (κ1) is 17.0. The first-order valence-electron chi connectivity index (χ1n) is 8.94. The lowest BCUT2D eigenvalue weighted by molar-refractivity contribution is -0.132. The van der Waals surface area contributed by atoms with Gasteiger partial charge in [-0.3, -0.25) is 9.36 Å². The number of aryl methyl sites for hydroxylation is 2. The van der Waals surface area contributed by atoms with E-state index in [4.69, 9.17) is 0 Å². The topological polar surface area (TPSA) is 73.0 Å². The number of thiazole rings is 1. The van der Waals surface area contributed by atoms with Crippen molar-refractivity contribution < 1.29 is 4.79 Å². The van der Waals surface area contributed by atoms with Crippen LogP contribution in [0.1, 0.15) is 30.6 Å². The zero-order valence-electron chi connectivity index (χ0n) is 14.7. The van der Waals surface area contributed by atoms with Crippen LogP contribution in [0.25, 0.3) is 10.2 Å². The van der Waals surface area contributed by atoms with Crippen molar-refractivity contribution in [2.24, 2.45) is 0 Å². The molecule has 3 heterocycles. The predicted octanol–water partition coefficient (Wildman–Crippen LogP) is 2.04. The normalized spacial score (nSPS) is 14.0. The molecule has 4 rings (SSSR count). The largest absolute Gasteiger partial charge is 0.346 e. The molecule has 2 aromatic heterocycles. The minimum atomic E-state index is -0.0663. The molecule has 1 amide bonds. The summed E-state index contributed by atoms with van der Waals surface area (Å²) >= 11 is 1.64. The average molecular weight is 371 g/mol. The first-order chi connectivity index (χ1) is 12.7. The number of nitrogens with zero attached hydrogens (tertiary/aromatic N) is 5. The van der Waals surface area contributed by atoms with E-state index in [2.05, 4.69) is 16.1 Å². The van der Waals surface area contributed by atoms with Crippen LogP contribution in [0.3, 0.4) is 0 Å². The molecule has 0 unspecified atom stereocenters. The molecule has 8 heteroatoms. The molecular weight excluding hydrogens is 350 g/mol. The molecule has 0 saturated carbocycles. The Kier molecular flexibility index (Phi) is 4.58. The third-order valence-corrected chi connectivity index (χ3v) is 5.70. The third kappa shape index (κ3) is 3.16. The summed E-state index contributed by atoms with van der Waals surface area (Å²) < 4.78 is 4.34. The quantitative estimate of drug-likeness (QED) is 0.688. The highest BCUT2D eigenvalue weighted by molar-refractivity contribution is 7.18. The van der Waals surface area contributed by atoms with Crippen LogP contribution in [0.15, 0.2) is 29.1 Å². The van der Waals surface area contributed by atoms with Crippen LogP contribution >= 0.6 is 11.3 Å². The number of hydrogen-bond acceptors (Lipinski definition) is 5. The van der Waals surface area contributed by atoms with Gasteiger partial charge in [0.05, 0.1) is 21.8 Å². The molecule has 1 aromatic carbocycles. The maximum atomic E-state index is 12.6. The van der Waals surface area contributed by atoms with Crippen molar-refractivity contribution in [1.82, 2.24) is 24.2 Å². The summed E-state index contributed by atoms with van der Waals surface area (Å²) in [5, 5.41) is 5.37. The standard InChI is InChI=1S/C18H21N5O2S/c1-2-9-23-18(25)22-11-10-21(12-15(22)20-23)17(24)8-7-16-19-13-5-3-4-6-14(13)26-16/h3-6H,2,7-12H2,1H3. The average Bonchev–Trinajstić information content (AvgIpc) is 3.21. The highest BCUT2D eigenvalue weighted by Crippen LogP contribution is 2.22. The summed E-state index contributed by atoms with van der Waals surface area (Å²) in [7, 11) is 0. The molecule has 26 heavy (non-hydrogen) atoms. The van der Waals surface area contributed by atoms with Crippen molar-refractivity contribution in [3.05, 3.63) is 45.6 Å². The highest BCUT2D eigenvalue weighted by Gasteiger charge is 2.24. The van der Waals surface area contributed by atoms with Gasteiger partial charge in [-0.2, -0.15) is 5.10 Å². The molecule has 0 aliphatic carbocycles. The Morgan fingerprint density at radius 2 is 2.12 bits per heavy atom. The number of fused-ring (bicyclic) bond motifs is 2. The molecule has 1 aliphatic rings. The lowest BCUT2D eigenvalue weighted by Crippen LogP contribution is -2.41. The van der Waals surface area contributed by atoms with Crippen molar-refractivity contribution >= 4 is 27.5 Å². The second-order valence-electron chi connectivity index (χ2n) is 6.46. The molecule has 0 saturated heterocycles. The fraction of sp³-hybridized carbons (Fsp3) is 0.444. The maximum Gasteiger partial charge on any atom is 0.346 e. The Hall–Kier alpha value is -2.48. The van der Waals surface area contributed by atoms with Gasteiger partial charge in [0, 0.05) is 32.5 Å². The molecule has 7 nitrogen and oxygen atoms in total. The fourth-order valence-corrected chi connectivity index (χ4v) is 4.23.